The average molecular weight is 357 g/mol. The maximum atomic E-state index is 13.0. The number of carbonyl (C=O) groups is 1. The zero-order valence-electron chi connectivity index (χ0n) is 14.4. The van der Waals surface area contributed by atoms with Crippen LogP contribution >= 0.6 is 11.3 Å². The van der Waals surface area contributed by atoms with Gasteiger partial charge >= 0.3 is 0 Å². The number of likely N-dealkylation sites (tertiary alicyclic amines) is 1. The number of ether oxygens (including phenoxy) is 1. The van der Waals surface area contributed by atoms with Gasteiger partial charge in [-0.1, -0.05) is 30.3 Å². The fraction of sp³-hybridized carbons (Fsp3) is 0.474. The molecule has 6 heteroatoms. The van der Waals surface area contributed by atoms with Gasteiger partial charge in [0, 0.05) is 37.3 Å². The number of hydrogen-bond donors (Lipinski definition) is 0. The summed E-state index contributed by atoms with van der Waals surface area (Å²) >= 11 is 1.48. The number of amides is 1. The molecule has 2 fully saturated rings. The smallest absolute Gasteiger partial charge is 0.265 e. The molecular formula is C19H23N3O2S. The van der Waals surface area contributed by atoms with Gasteiger partial charge in [-0.2, -0.15) is 0 Å². The first-order valence-corrected chi connectivity index (χ1v) is 9.70. The van der Waals surface area contributed by atoms with Gasteiger partial charge < -0.3 is 9.64 Å². The molecular weight excluding hydrogens is 334 g/mol. The van der Waals surface area contributed by atoms with Gasteiger partial charge in [-0.15, -0.1) is 11.3 Å². The van der Waals surface area contributed by atoms with Crippen molar-refractivity contribution < 1.29 is 9.53 Å². The number of carbonyl (C=O) groups excluding carboxylic acids is 1. The number of morpholine rings is 1. The number of benzene rings is 1. The van der Waals surface area contributed by atoms with Crippen molar-refractivity contribution in [2.75, 3.05) is 32.8 Å². The number of nitrogens with zero attached hydrogens (tertiary/aromatic N) is 3. The van der Waals surface area contributed by atoms with Crippen molar-refractivity contribution in [3.05, 3.63) is 41.4 Å². The molecule has 0 radical (unpaired) electrons. The lowest BCUT2D eigenvalue weighted by Gasteiger charge is -2.35. The Morgan fingerprint density at radius 2 is 1.96 bits per heavy atom. The molecule has 5 nitrogen and oxygen atoms in total. The summed E-state index contributed by atoms with van der Waals surface area (Å²) in [4.78, 5) is 22.7. The Hall–Kier alpha value is -1.76. The predicted octanol–water partition coefficient (Wildman–Crippen LogP) is 2.75. The Balaban J connectivity index is 1.47. The summed E-state index contributed by atoms with van der Waals surface area (Å²) < 4.78 is 5.45. The first-order valence-electron chi connectivity index (χ1n) is 8.88. The summed E-state index contributed by atoms with van der Waals surface area (Å²) in [6.45, 7) is 6.52. The van der Waals surface area contributed by atoms with Gasteiger partial charge in [-0.05, 0) is 13.3 Å². The van der Waals surface area contributed by atoms with E-state index in [0.29, 0.717) is 6.04 Å². The molecule has 0 unspecified atom stereocenters. The third-order valence-corrected chi connectivity index (χ3v) is 6.26. The highest BCUT2D eigenvalue weighted by molar-refractivity contribution is 7.16. The van der Waals surface area contributed by atoms with Gasteiger partial charge in [0.2, 0.25) is 0 Å². The number of rotatable bonds is 3. The summed E-state index contributed by atoms with van der Waals surface area (Å²) in [7, 11) is 0. The van der Waals surface area contributed by atoms with E-state index in [-0.39, 0.29) is 11.9 Å². The highest BCUT2D eigenvalue weighted by atomic mass is 32.1. The summed E-state index contributed by atoms with van der Waals surface area (Å²) in [5.41, 5.74) is 1.06. The summed E-state index contributed by atoms with van der Waals surface area (Å²) in [5.74, 6) is 0.114. The third kappa shape index (κ3) is 3.34. The quantitative estimate of drug-likeness (QED) is 0.847. The van der Waals surface area contributed by atoms with E-state index in [1.54, 1.807) is 6.20 Å². The number of thiazole rings is 1. The zero-order chi connectivity index (χ0) is 17.2. The minimum Gasteiger partial charge on any atom is -0.379 e. The Morgan fingerprint density at radius 1 is 1.20 bits per heavy atom. The van der Waals surface area contributed by atoms with Crippen LogP contribution in [0.3, 0.4) is 0 Å². The van der Waals surface area contributed by atoms with Gasteiger partial charge in [-0.25, -0.2) is 4.98 Å². The normalized spacial score (nSPS) is 24.6. The monoisotopic (exact) mass is 357 g/mol. The molecule has 1 aromatic heterocycles. The van der Waals surface area contributed by atoms with E-state index in [1.807, 2.05) is 35.2 Å². The molecule has 0 aliphatic carbocycles. The summed E-state index contributed by atoms with van der Waals surface area (Å²) in [6.07, 6.45) is 2.77. The SMILES string of the molecule is C[C@@H]1[C@H](N2CCOCC2)CCN1C(=O)c1cnc(-c2ccccc2)s1. The molecule has 3 heterocycles. The predicted molar refractivity (Wildman–Crippen MR) is 98.8 cm³/mol. The molecule has 2 atom stereocenters. The Labute approximate surface area is 152 Å². The van der Waals surface area contributed by atoms with E-state index in [0.717, 1.165) is 54.7 Å². The number of hydrogen-bond acceptors (Lipinski definition) is 5. The standard InChI is InChI=1S/C19H23N3O2S/c1-14-16(21-9-11-24-12-10-21)7-8-22(14)19(23)17-13-20-18(25-17)15-5-3-2-4-6-15/h2-6,13-14,16H,7-12H2,1H3/t14-,16-/m1/s1. The maximum Gasteiger partial charge on any atom is 0.265 e. The molecule has 2 aliphatic rings. The molecule has 0 bridgehead atoms. The Bertz CT molecular complexity index is 727. The molecule has 2 aromatic rings. The van der Waals surface area contributed by atoms with Gasteiger partial charge in [-0.3, -0.25) is 9.69 Å². The summed E-state index contributed by atoms with van der Waals surface area (Å²) in [5, 5.41) is 0.903. The molecule has 25 heavy (non-hydrogen) atoms. The van der Waals surface area contributed by atoms with Gasteiger partial charge in [0.15, 0.2) is 0 Å². The van der Waals surface area contributed by atoms with E-state index < -0.39 is 0 Å². The lowest BCUT2D eigenvalue weighted by atomic mass is 10.1. The first kappa shape index (κ1) is 16.7. The zero-order valence-corrected chi connectivity index (χ0v) is 15.2. The minimum atomic E-state index is 0.114. The Morgan fingerprint density at radius 3 is 2.72 bits per heavy atom. The minimum absolute atomic E-state index is 0.114. The van der Waals surface area contributed by atoms with Crippen molar-refractivity contribution in [3.63, 3.8) is 0 Å². The first-order chi connectivity index (χ1) is 12.2. The van der Waals surface area contributed by atoms with E-state index in [9.17, 15) is 4.79 Å². The summed E-state index contributed by atoms with van der Waals surface area (Å²) in [6, 6.07) is 10.7. The highest BCUT2D eigenvalue weighted by Gasteiger charge is 2.38. The van der Waals surface area contributed by atoms with E-state index in [1.165, 1.54) is 11.3 Å². The van der Waals surface area contributed by atoms with Gasteiger partial charge in [0.05, 0.1) is 19.4 Å². The van der Waals surface area contributed by atoms with Gasteiger partial charge in [0.1, 0.15) is 9.88 Å². The molecule has 2 saturated heterocycles. The van der Waals surface area contributed by atoms with Crippen LogP contribution in [-0.2, 0) is 4.74 Å². The molecule has 0 saturated carbocycles. The van der Waals surface area contributed by atoms with E-state index in [2.05, 4.69) is 16.8 Å². The molecule has 4 rings (SSSR count). The topological polar surface area (TPSA) is 45.7 Å². The molecule has 132 valence electrons. The van der Waals surface area contributed by atoms with Crippen LogP contribution in [0.5, 0.6) is 0 Å². The lowest BCUT2D eigenvalue weighted by molar-refractivity contribution is 0.0105. The van der Waals surface area contributed by atoms with Crippen LogP contribution in [0, 0.1) is 0 Å². The maximum absolute atomic E-state index is 13.0. The van der Waals surface area contributed by atoms with Crippen LogP contribution in [0.25, 0.3) is 10.6 Å². The molecule has 1 amide bonds. The van der Waals surface area contributed by atoms with Crippen molar-refractivity contribution in [2.24, 2.45) is 0 Å². The fourth-order valence-corrected chi connectivity index (χ4v) is 4.71. The lowest BCUT2D eigenvalue weighted by Crippen LogP contribution is -2.49. The van der Waals surface area contributed by atoms with Crippen LogP contribution in [0.4, 0.5) is 0 Å². The second-order valence-corrected chi connectivity index (χ2v) is 7.67. The van der Waals surface area contributed by atoms with E-state index in [4.69, 9.17) is 4.74 Å². The largest absolute Gasteiger partial charge is 0.379 e. The fourth-order valence-electron chi connectivity index (χ4n) is 3.84. The van der Waals surface area contributed by atoms with Gasteiger partial charge in [0.25, 0.3) is 5.91 Å². The van der Waals surface area contributed by atoms with E-state index >= 15 is 0 Å². The Kier molecular flexibility index (Phi) is 4.83. The average Bonchev–Trinajstić information content (AvgIpc) is 3.30. The van der Waals surface area contributed by atoms with Crippen molar-refractivity contribution in [2.45, 2.75) is 25.4 Å². The number of aromatic nitrogens is 1. The second-order valence-electron chi connectivity index (χ2n) is 6.64. The van der Waals surface area contributed by atoms with Crippen LogP contribution in [0.2, 0.25) is 0 Å². The van der Waals surface area contributed by atoms with Crippen LogP contribution in [-0.4, -0.2) is 65.6 Å². The third-order valence-electron chi connectivity index (χ3n) is 5.23. The van der Waals surface area contributed by atoms with Crippen LogP contribution in [0.1, 0.15) is 23.0 Å². The molecule has 2 aliphatic heterocycles. The molecule has 1 aromatic carbocycles. The van der Waals surface area contributed by atoms with Crippen LogP contribution < -0.4 is 0 Å². The second kappa shape index (κ2) is 7.23. The van der Waals surface area contributed by atoms with Crippen molar-refractivity contribution in [1.82, 2.24) is 14.8 Å². The highest BCUT2D eigenvalue weighted by Crippen LogP contribution is 2.29. The molecule has 0 N–H and O–H groups in total. The van der Waals surface area contributed by atoms with Crippen molar-refractivity contribution in [1.29, 1.82) is 0 Å². The molecule has 0 spiro atoms. The van der Waals surface area contributed by atoms with Crippen molar-refractivity contribution in [3.8, 4) is 10.6 Å². The van der Waals surface area contributed by atoms with Crippen LogP contribution in [0.15, 0.2) is 36.5 Å². The van der Waals surface area contributed by atoms with Crippen molar-refractivity contribution >= 4 is 17.2 Å².